The van der Waals surface area contributed by atoms with Gasteiger partial charge in [0.1, 0.15) is 5.75 Å². The van der Waals surface area contributed by atoms with Crippen LogP contribution in [0.3, 0.4) is 0 Å². The third kappa shape index (κ3) is 4.79. The number of nitrogens with zero attached hydrogens (tertiary/aromatic N) is 2. The fourth-order valence-corrected chi connectivity index (χ4v) is 3.38. The second-order valence-corrected chi connectivity index (χ2v) is 7.14. The van der Waals surface area contributed by atoms with Gasteiger partial charge < -0.3 is 9.47 Å². The van der Waals surface area contributed by atoms with E-state index in [4.69, 9.17) is 9.47 Å². The van der Waals surface area contributed by atoms with Crippen molar-refractivity contribution in [2.24, 2.45) is 5.10 Å². The van der Waals surface area contributed by atoms with Gasteiger partial charge in [0.2, 0.25) is 0 Å². The molecule has 162 valence electrons. The van der Waals surface area contributed by atoms with Crippen molar-refractivity contribution in [3.05, 3.63) is 63.6 Å². The van der Waals surface area contributed by atoms with E-state index in [0.29, 0.717) is 20.8 Å². The molecule has 0 fully saturated rings. The number of hydrazone groups is 1. The standard InChI is InChI=1S/C21H16BrF3N2O4/c1-3-31-20(29)13-5-7-14(8-6-13)27-19(28)15(18(26-27)21(23,24)25)10-12-4-9-17(30-2)16(22)11-12/h4-11H,3H2,1-2H3. The van der Waals surface area contributed by atoms with E-state index in [-0.39, 0.29) is 17.9 Å². The minimum Gasteiger partial charge on any atom is -0.496 e. The monoisotopic (exact) mass is 496 g/mol. The lowest BCUT2D eigenvalue weighted by Gasteiger charge is -2.12. The number of benzene rings is 2. The van der Waals surface area contributed by atoms with Crippen molar-refractivity contribution in [1.82, 2.24) is 0 Å². The Labute approximate surface area is 184 Å². The van der Waals surface area contributed by atoms with E-state index in [9.17, 15) is 22.8 Å². The van der Waals surface area contributed by atoms with Gasteiger partial charge in [-0.3, -0.25) is 4.79 Å². The first-order valence-corrected chi connectivity index (χ1v) is 9.78. The van der Waals surface area contributed by atoms with Crippen molar-refractivity contribution in [2.75, 3.05) is 18.7 Å². The van der Waals surface area contributed by atoms with Crippen LogP contribution in [0.1, 0.15) is 22.8 Å². The summed E-state index contributed by atoms with van der Waals surface area (Å²) in [5.41, 5.74) is -1.26. The van der Waals surface area contributed by atoms with Crippen LogP contribution in [0.15, 0.2) is 57.6 Å². The van der Waals surface area contributed by atoms with E-state index in [1.54, 1.807) is 13.0 Å². The number of esters is 1. The van der Waals surface area contributed by atoms with Gasteiger partial charge in [-0.25, -0.2) is 4.79 Å². The largest absolute Gasteiger partial charge is 0.496 e. The van der Waals surface area contributed by atoms with Gasteiger partial charge in [0.05, 0.1) is 35.0 Å². The SMILES string of the molecule is CCOC(=O)c1ccc(N2N=C(C(F)(F)F)C(=Cc3ccc(OC)c(Br)c3)C2=O)cc1. The van der Waals surface area contributed by atoms with Crippen molar-refractivity contribution in [2.45, 2.75) is 13.1 Å². The zero-order valence-corrected chi connectivity index (χ0v) is 18.0. The Bertz CT molecular complexity index is 1080. The molecule has 0 radical (unpaired) electrons. The fraction of sp³-hybridized carbons (Fsp3) is 0.190. The maximum atomic E-state index is 13.6. The van der Waals surface area contributed by atoms with Gasteiger partial charge in [-0.05, 0) is 70.9 Å². The lowest BCUT2D eigenvalue weighted by Crippen LogP contribution is -2.25. The molecule has 1 aliphatic heterocycles. The molecule has 2 aromatic rings. The molecule has 1 heterocycles. The van der Waals surface area contributed by atoms with Crippen LogP contribution in [-0.4, -0.2) is 37.5 Å². The summed E-state index contributed by atoms with van der Waals surface area (Å²) >= 11 is 3.26. The normalized spacial score (nSPS) is 15.3. The molecule has 10 heteroatoms. The third-order valence-electron chi connectivity index (χ3n) is 4.26. The third-order valence-corrected chi connectivity index (χ3v) is 4.88. The first-order valence-electron chi connectivity index (χ1n) is 8.98. The lowest BCUT2D eigenvalue weighted by atomic mass is 10.1. The van der Waals surface area contributed by atoms with E-state index >= 15 is 0 Å². The zero-order chi connectivity index (χ0) is 22.8. The van der Waals surface area contributed by atoms with Gasteiger partial charge in [0.15, 0.2) is 5.71 Å². The number of methoxy groups -OCH3 is 1. The number of carbonyl (C=O) groups is 2. The molecule has 1 aliphatic rings. The van der Waals surface area contributed by atoms with Crippen molar-refractivity contribution in [3.63, 3.8) is 0 Å². The van der Waals surface area contributed by atoms with Gasteiger partial charge in [-0.2, -0.15) is 23.3 Å². The second-order valence-electron chi connectivity index (χ2n) is 6.28. The van der Waals surface area contributed by atoms with E-state index in [2.05, 4.69) is 21.0 Å². The number of rotatable bonds is 5. The van der Waals surface area contributed by atoms with Crippen LogP contribution in [0.5, 0.6) is 5.75 Å². The van der Waals surface area contributed by atoms with Crippen molar-refractivity contribution < 1.29 is 32.2 Å². The molecule has 0 spiro atoms. The summed E-state index contributed by atoms with van der Waals surface area (Å²) in [4.78, 5) is 24.6. The molecular weight excluding hydrogens is 481 g/mol. The molecule has 31 heavy (non-hydrogen) atoms. The summed E-state index contributed by atoms with van der Waals surface area (Å²) in [6, 6.07) is 9.98. The van der Waals surface area contributed by atoms with Crippen molar-refractivity contribution in [3.8, 4) is 5.75 Å². The summed E-state index contributed by atoms with van der Waals surface area (Å²) in [6.45, 7) is 1.83. The molecule has 3 rings (SSSR count). The highest BCUT2D eigenvalue weighted by Gasteiger charge is 2.46. The van der Waals surface area contributed by atoms with E-state index in [1.807, 2.05) is 0 Å². The maximum absolute atomic E-state index is 13.6. The number of hydrogen-bond acceptors (Lipinski definition) is 5. The molecule has 0 aromatic heterocycles. The maximum Gasteiger partial charge on any atom is 0.435 e. The van der Waals surface area contributed by atoms with Crippen LogP contribution >= 0.6 is 15.9 Å². The fourth-order valence-electron chi connectivity index (χ4n) is 2.82. The number of hydrogen-bond donors (Lipinski definition) is 0. The summed E-state index contributed by atoms with van der Waals surface area (Å²) in [5, 5.41) is 4.16. The van der Waals surface area contributed by atoms with Crippen LogP contribution in [0, 0.1) is 0 Å². The van der Waals surface area contributed by atoms with Crippen molar-refractivity contribution in [1.29, 1.82) is 0 Å². The molecule has 0 atom stereocenters. The molecule has 0 saturated heterocycles. The molecule has 0 saturated carbocycles. The predicted molar refractivity (Wildman–Crippen MR) is 112 cm³/mol. The first kappa shape index (κ1) is 22.5. The van der Waals surface area contributed by atoms with Gasteiger partial charge in [-0.1, -0.05) is 6.07 Å². The molecule has 6 nitrogen and oxygen atoms in total. The molecule has 0 unspecified atom stereocenters. The zero-order valence-electron chi connectivity index (χ0n) is 16.4. The number of ether oxygens (including phenoxy) is 2. The van der Waals surface area contributed by atoms with Gasteiger partial charge >= 0.3 is 12.1 Å². The Hall–Kier alpha value is -3.14. The van der Waals surface area contributed by atoms with Crippen LogP contribution in [0.25, 0.3) is 6.08 Å². The van der Waals surface area contributed by atoms with Gasteiger partial charge in [0.25, 0.3) is 5.91 Å². The number of alkyl halides is 3. The molecule has 0 aliphatic carbocycles. The van der Waals surface area contributed by atoms with Crippen LogP contribution < -0.4 is 9.75 Å². The minimum atomic E-state index is -4.84. The van der Waals surface area contributed by atoms with E-state index in [0.717, 1.165) is 6.08 Å². The smallest absolute Gasteiger partial charge is 0.435 e. The van der Waals surface area contributed by atoms with Gasteiger partial charge in [-0.15, -0.1) is 0 Å². The van der Waals surface area contributed by atoms with E-state index < -0.39 is 29.3 Å². The predicted octanol–water partition coefficient (Wildman–Crippen LogP) is 4.98. The molecule has 0 bridgehead atoms. The Morgan fingerprint density at radius 3 is 2.42 bits per heavy atom. The highest BCUT2D eigenvalue weighted by atomic mass is 79.9. The second kappa shape index (κ2) is 8.93. The summed E-state index contributed by atoms with van der Waals surface area (Å²) in [7, 11) is 1.46. The van der Waals surface area contributed by atoms with Crippen LogP contribution in [0.2, 0.25) is 0 Å². The summed E-state index contributed by atoms with van der Waals surface area (Å²) in [5.74, 6) is -1.02. The Balaban J connectivity index is 1.98. The van der Waals surface area contributed by atoms with Crippen LogP contribution in [-0.2, 0) is 9.53 Å². The molecule has 2 aromatic carbocycles. The molecule has 1 amide bonds. The number of anilines is 1. The molecule has 0 N–H and O–H groups in total. The number of carbonyl (C=O) groups excluding carboxylic acids is 2. The first-order chi connectivity index (χ1) is 14.7. The average Bonchev–Trinajstić information content (AvgIpc) is 3.05. The number of halogens is 4. The summed E-state index contributed by atoms with van der Waals surface area (Å²) in [6.07, 6.45) is -3.73. The minimum absolute atomic E-state index is 0.0825. The Morgan fingerprint density at radius 1 is 1.19 bits per heavy atom. The highest BCUT2D eigenvalue weighted by molar-refractivity contribution is 9.10. The topological polar surface area (TPSA) is 68.2 Å². The number of amides is 1. The average molecular weight is 497 g/mol. The Morgan fingerprint density at radius 2 is 1.87 bits per heavy atom. The van der Waals surface area contributed by atoms with Crippen molar-refractivity contribution >= 4 is 45.3 Å². The van der Waals surface area contributed by atoms with Gasteiger partial charge in [0, 0.05) is 0 Å². The highest BCUT2D eigenvalue weighted by Crippen LogP contribution is 2.34. The Kier molecular flexibility index (Phi) is 6.49. The lowest BCUT2D eigenvalue weighted by molar-refractivity contribution is -0.114. The quantitative estimate of drug-likeness (QED) is 0.432. The van der Waals surface area contributed by atoms with E-state index in [1.165, 1.54) is 43.5 Å². The summed E-state index contributed by atoms with van der Waals surface area (Å²) < 4.78 is 51.3. The van der Waals surface area contributed by atoms with Crippen LogP contribution in [0.4, 0.5) is 18.9 Å². The molecular formula is C21H16BrF3N2O4.